The van der Waals surface area contributed by atoms with E-state index < -0.39 is 5.97 Å². The Morgan fingerprint density at radius 3 is 2.86 bits per heavy atom. The lowest BCUT2D eigenvalue weighted by Crippen LogP contribution is -2.10. The Morgan fingerprint density at radius 1 is 1.29 bits per heavy atom. The first-order valence-corrected chi connectivity index (χ1v) is 7.78. The van der Waals surface area contributed by atoms with Crippen molar-refractivity contribution in [1.29, 1.82) is 0 Å². The van der Waals surface area contributed by atoms with Crippen molar-refractivity contribution in [3.05, 3.63) is 29.6 Å². The molecule has 3 rings (SSSR count). The fourth-order valence-electron chi connectivity index (χ4n) is 3.54. The number of rotatable bonds is 2. The molecule has 0 spiro atoms. The number of hydrogen-bond acceptors (Lipinski definition) is 2. The quantitative estimate of drug-likeness (QED) is 0.842. The Kier molecular flexibility index (Phi) is 3.70. The molecule has 1 aliphatic rings. The van der Waals surface area contributed by atoms with Gasteiger partial charge < -0.3 is 9.67 Å². The van der Waals surface area contributed by atoms with Gasteiger partial charge >= 0.3 is 5.97 Å². The Balaban J connectivity index is 2.01. The average Bonchev–Trinajstić information content (AvgIpc) is 2.62. The summed E-state index contributed by atoms with van der Waals surface area (Å²) in [7, 11) is 0. The predicted molar refractivity (Wildman–Crippen MR) is 82.7 cm³/mol. The van der Waals surface area contributed by atoms with Gasteiger partial charge in [0.2, 0.25) is 0 Å². The van der Waals surface area contributed by atoms with Crippen LogP contribution in [0.1, 0.15) is 61.3 Å². The van der Waals surface area contributed by atoms with Gasteiger partial charge in [-0.2, -0.15) is 0 Å². The summed E-state index contributed by atoms with van der Waals surface area (Å²) in [5.74, 6) is 0.906. The van der Waals surface area contributed by atoms with Gasteiger partial charge in [-0.3, -0.25) is 0 Å². The second kappa shape index (κ2) is 5.51. The summed E-state index contributed by atoms with van der Waals surface area (Å²) < 4.78 is 2.32. The first-order chi connectivity index (χ1) is 10.1. The first kappa shape index (κ1) is 14.1. The van der Waals surface area contributed by atoms with Crippen molar-refractivity contribution in [1.82, 2.24) is 9.55 Å². The van der Waals surface area contributed by atoms with Crippen molar-refractivity contribution in [3.63, 3.8) is 0 Å². The van der Waals surface area contributed by atoms with Gasteiger partial charge in [0.15, 0.2) is 0 Å². The maximum Gasteiger partial charge on any atom is 0.335 e. The summed E-state index contributed by atoms with van der Waals surface area (Å²) in [4.78, 5) is 15.7. The molecule has 0 bridgehead atoms. The molecule has 1 saturated carbocycles. The van der Waals surface area contributed by atoms with E-state index in [0.717, 1.165) is 22.8 Å². The summed E-state index contributed by atoms with van der Waals surface area (Å²) in [5.41, 5.74) is 2.17. The largest absolute Gasteiger partial charge is 0.478 e. The molecule has 1 fully saturated rings. The fourth-order valence-corrected chi connectivity index (χ4v) is 3.54. The molecule has 1 aliphatic carbocycles. The molecule has 0 radical (unpaired) electrons. The smallest absolute Gasteiger partial charge is 0.335 e. The predicted octanol–water partition coefficient (Wildman–Crippen LogP) is 4.18. The van der Waals surface area contributed by atoms with Crippen LogP contribution in [0.25, 0.3) is 11.0 Å². The molecule has 1 N–H and O–H groups in total. The van der Waals surface area contributed by atoms with Crippen molar-refractivity contribution in [3.8, 4) is 0 Å². The van der Waals surface area contributed by atoms with E-state index in [1.165, 1.54) is 32.1 Å². The molecular weight excluding hydrogens is 264 g/mol. The third-order valence-electron chi connectivity index (χ3n) is 4.70. The molecule has 112 valence electrons. The van der Waals surface area contributed by atoms with Crippen LogP contribution in [0.4, 0.5) is 0 Å². The molecule has 1 aromatic heterocycles. The van der Waals surface area contributed by atoms with Crippen LogP contribution in [0.3, 0.4) is 0 Å². The highest BCUT2D eigenvalue weighted by Crippen LogP contribution is 2.33. The van der Waals surface area contributed by atoms with Crippen molar-refractivity contribution < 1.29 is 9.90 Å². The number of hydrogen-bond donors (Lipinski definition) is 1. The standard InChI is InChI=1S/C17H22N2O2/c1-11-4-3-5-14(8-6-11)19-12(2)18-15-10-13(17(20)21)7-9-16(15)19/h7,9-11,14H,3-6,8H2,1-2H3,(H,20,21). The summed E-state index contributed by atoms with van der Waals surface area (Å²) >= 11 is 0. The molecular formula is C17H22N2O2. The molecule has 1 heterocycles. The van der Waals surface area contributed by atoms with Crippen LogP contribution in [0.5, 0.6) is 0 Å². The highest BCUT2D eigenvalue weighted by Gasteiger charge is 2.21. The number of fused-ring (bicyclic) bond motifs is 1. The zero-order valence-corrected chi connectivity index (χ0v) is 12.7. The van der Waals surface area contributed by atoms with Crippen LogP contribution < -0.4 is 0 Å². The van der Waals surface area contributed by atoms with E-state index in [1.807, 2.05) is 13.0 Å². The number of aromatic carboxylic acids is 1. The number of aryl methyl sites for hydroxylation is 1. The summed E-state index contributed by atoms with van der Waals surface area (Å²) in [6.07, 6.45) is 6.21. The molecule has 0 aliphatic heterocycles. The summed E-state index contributed by atoms with van der Waals surface area (Å²) in [5, 5.41) is 9.10. The van der Waals surface area contributed by atoms with Gasteiger partial charge in [0.25, 0.3) is 0 Å². The molecule has 21 heavy (non-hydrogen) atoms. The highest BCUT2D eigenvalue weighted by molar-refractivity contribution is 5.92. The number of carboxylic acid groups (broad SMARTS) is 1. The van der Waals surface area contributed by atoms with E-state index in [4.69, 9.17) is 5.11 Å². The van der Waals surface area contributed by atoms with E-state index >= 15 is 0 Å². The molecule has 1 aromatic carbocycles. The molecule has 2 atom stereocenters. The minimum absolute atomic E-state index is 0.307. The number of carbonyl (C=O) groups is 1. The first-order valence-electron chi connectivity index (χ1n) is 7.78. The number of aromatic nitrogens is 2. The minimum Gasteiger partial charge on any atom is -0.478 e. The monoisotopic (exact) mass is 286 g/mol. The lowest BCUT2D eigenvalue weighted by molar-refractivity contribution is 0.0697. The van der Waals surface area contributed by atoms with E-state index in [-0.39, 0.29) is 0 Å². The lowest BCUT2D eigenvalue weighted by Gasteiger charge is -2.19. The molecule has 0 saturated heterocycles. The van der Waals surface area contributed by atoms with Crippen LogP contribution in [0.2, 0.25) is 0 Å². The summed E-state index contributed by atoms with van der Waals surface area (Å²) in [6.45, 7) is 4.36. The average molecular weight is 286 g/mol. The van der Waals surface area contributed by atoms with Crippen molar-refractivity contribution in [2.75, 3.05) is 0 Å². The molecule has 2 aromatic rings. The van der Waals surface area contributed by atoms with Crippen LogP contribution in [-0.4, -0.2) is 20.6 Å². The van der Waals surface area contributed by atoms with Crippen molar-refractivity contribution in [2.24, 2.45) is 5.92 Å². The zero-order chi connectivity index (χ0) is 15.0. The number of imidazole rings is 1. The van der Waals surface area contributed by atoms with Gasteiger partial charge in [0.1, 0.15) is 5.82 Å². The van der Waals surface area contributed by atoms with Crippen molar-refractivity contribution >= 4 is 17.0 Å². The van der Waals surface area contributed by atoms with Gasteiger partial charge in [-0.25, -0.2) is 9.78 Å². The van der Waals surface area contributed by atoms with Gasteiger partial charge in [0.05, 0.1) is 16.6 Å². The Morgan fingerprint density at radius 2 is 2.10 bits per heavy atom. The second-order valence-electron chi connectivity index (χ2n) is 6.30. The number of nitrogens with zero attached hydrogens (tertiary/aromatic N) is 2. The van der Waals surface area contributed by atoms with E-state index in [0.29, 0.717) is 11.6 Å². The third kappa shape index (κ3) is 2.67. The normalized spacial score (nSPS) is 23.1. The molecule has 4 heteroatoms. The van der Waals surface area contributed by atoms with Gasteiger partial charge in [0, 0.05) is 6.04 Å². The SMILES string of the molecule is Cc1nc2cc(C(=O)O)ccc2n1C1CCCC(C)CC1. The minimum atomic E-state index is -0.896. The number of carboxylic acids is 1. The van der Waals surface area contributed by atoms with Gasteiger partial charge in [-0.15, -0.1) is 0 Å². The number of benzene rings is 1. The highest BCUT2D eigenvalue weighted by atomic mass is 16.4. The Labute approximate surface area is 124 Å². The van der Waals surface area contributed by atoms with Gasteiger partial charge in [-0.1, -0.05) is 19.8 Å². The van der Waals surface area contributed by atoms with Crippen LogP contribution in [0.15, 0.2) is 18.2 Å². The molecule has 2 unspecified atom stereocenters. The van der Waals surface area contributed by atoms with Crippen LogP contribution in [-0.2, 0) is 0 Å². The zero-order valence-electron chi connectivity index (χ0n) is 12.7. The maximum atomic E-state index is 11.1. The molecule has 4 nitrogen and oxygen atoms in total. The molecule has 0 amide bonds. The fraction of sp³-hybridized carbons (Fsp3) is 0.529. The topological polar surface area (TPSA) is 55.1 Å². The Bertz CT molecular complexity index is 675. The van der Waals surface area contributed by atoms with Gasteiger partial charge in [-0.05, 0) is 50.3 Å². The van der Waals surface area contributed by atoms with E-state index in [1.54, 1.807) is 12.1 Å². The van der Waals surface area contributed by atoms with Crippen LogP contribution in [0, 0.1) is 12.8 Å². The Hall–Kier alpha value is -1.84. The third-order valence-corrected chi connectivity index (χ3v) is 4.70. The van der Waals surface area contributed by atoms with E-state index in [9.17, 15) is 4.79 Å². The van der Waals surface area contributed by atoms with Crippen molar-refractivity contribution in [2.45, 2.75) is 52.0 Å². The second-order valence-corrected chi connectivity index (χ2v) is 6.30. The lowest BCUT2D eigenvalue weighted by atomic mass is 10.0. The van der Waals surface area contributed by atoms with Crippen LogP contribution >= 0.6 is 0 Å². The van der Waals surface area contributed by atoms with E-state index in [2.05, 4.69) is 16.5 Å². The maximum absolute atomic E-state index is 11.1. The summed E-state index contributed by atoms with van der Waals surface area (Å²) in [6, 6.07) is 5.77.